The fourth-order valence-corrected chi connectivity index (χ4v) is 3.21. The molecule has 0 aliphatic carbocycles. The molecule has 1 saturated heterocycles. The van der Waals surface area contributed by atoms with Crippen LogP contribution in [0.15, 0.2) is 29.3 Å². The molecule has 2 rings (SSSR count). The van der Waals surface area contributed by atoms with Gasteiger partial charge in [-0.05, 0) is 51.7 Å². The zero-order valence-electron chi connectivity index (χ0n) is 17.9. The summed E-state index contributed by atoms with van der Waals surface area (Å²) in [7, 11) is 0. The molecule has 1 aliphatic heterocycles. The van der Waals surface area contributed by atoms with Crippen molar-refractivity contribution in [1.29, 1.82) is 0 Å². The molecule has 1 fully saturated rings. The highest BCUT2D eigenvalue weighted by molar-refractivity contribution is 5.79. The number of ether oxygens (including phenoxy) is 2. The number of aliphatic imine (C=N–C) groups is 1. The Hall–Kier alpha value is -1.63. The van der Waals surface area contributed by atoms with E-state index in [1.807, 2.05) is 0 Å². The highest BCUT2D eigenvalue weighted by atomic mass is 16.5. The smallest absolute Gasteiger partial charge is 0.191 e. The Kier molecular flexibility index (Phi) is 8.73. The minimum Gasteiger partial charge on any atom is -0.396 e. The molecule has 0 radical (unpaired) electrons. The lowest BCUT2D eigenvalue weighted by atomic mass is 9.84. The standard InChI is InChI=1S/C22H37N3O3/c1-5-23-20(25-16-22(9-11-26)10-12-27-17-22)24-14-18-7-6-8-19(13-18)15-28-21(2,3)4/h6-8,13,26H,5,9-12,14-17H2,1-4H3,(H2,23,24,25). The van der Waals surface area contributed by atoms with E-state index in [0.717, 1.165) is 49.6 Å². The lowest BCUT2D eigenvalue weighted by Crippen LogP contribution is -2.44. The first-order valence-electron chi connectivity index (χ1n) is 10.3. The fourth-order valence-electron chi connectivity index (χ4n) is 3.21. The third kappa shape index (κ3) is 7.78. The van der Waals surface area contributed by atoms with Crippen molar-refractivity contribution in [3.05, 3.63) is 35.4 Å². The summed E-state index contributed by atoms with van der Waals surface area (Å²) in [6.45, 7) is 12.6. The molecule has 0 amide bonds. The molecule has 1 heterocycles. The van der Waals surface area contributed by atoms with E-state index in [1.165, 1.54) is 0 Å². The van der Waals surface area contributed by atoms with E-state index in [4.69, 9.17) is 14.5 Å². The molecule has 0 bridgehead atoms. The van der Waals surface area contributed by atoms with E-state index in [0.29, 0.717) is 19.8 Å². The van der Waals surface area contributed by atoms with Crippen LogP contribution in [-0.4, -0.2) is 49.6 Å². The van der Waals surface area contributed by atoms with Gasteiger partial charge in [-0.1, -0.05) is 24.3 Å². The van der Waals surface area contributed by atoms with Crippen LogP contribution in [0.3, 0.4) is 0 Å². The molecular weight excluding hydrogens is 354 g/mol. The Morgan fingerprint density at radius 3 is 2.71 bits per heavy atom. The monoisotopic (exact) mass is 391 g/mol. The fraction of sp³-hybridized carbons (Fsp3) is 0.682. The number of nitrogens with zero attached hydrogens (tertiary/aromatic N) is 1. The van der Waals surface area contributed by atoms with Crippen molar-refractivity contribution in [3.63, 3.8) is 0 Å². The van der Waals surface area contributed by atoms with Crippen molar-refractivity contribution in [3.8, 4) is 0 Å². The number of aliphatic hydroxyl groups is 1. The number of rotatable bonds is 9. The van der Waals surface area contributed by atoms with Crippen molar-refractivity contribution in [1.82, 2.24) is 10.6 Å². The topological polar surface area (TPSA) is 75.1 Å². The van der Waals surface area contributed by atoms with Gasteiger partial charge in [-0.3, -0.25) is 0 Å². The second-order valence-electron chi connectivity index (χ2n) is 8.55. The Bertz CT molecular complexity index is 620. The molecule has 6 heteroatoms. The molecule has 1 aromatic carbocycles. The molecule has 28 heavy (non-hydrogen) atoms. The van der Waals surface area contributed by atoms with Gasteiger partial charge in [-0.15, -0.1) is 0 Å². The van der Waals surface area contributed by atoms with Gasteiger partial charge in [0.15, 0.2) is 5.96 Å². The van der Waals surface area contributed by atoms with E-state index < -0.39 is 0 Å². The second kappa shape index (κ2) is 10.8. The van der Waals surface area contributed by atoms with Gasteiger partial charge in [0, 0.05) is 31.7 Å². The summed E-state index contributed by atoms with van der Waals surface area (Å²) in [4.78, 5) is 4.74. The number of hydrogen-bond acceptors (Lipinski definition) is 4. The van der Waals surface area contributed by atoms with E-state index in [2.05, 4.69) is 62.6 Å². The zero-order valence-corrected chi connectivity index (χ0v) is 17.9. The maximum Gasteiger partial charge on any atom is 0.191 e. The minimum absolute atomic E-state index is 0.00481. The van der Waals surface area contributed by atoms with Gasteiger partial charge >= 0.3 is 0 Å². The first-order chi connectivity index (χ1) is 13.4. The highest BCUT2D eigenvalue weighted by Gasteiger charge is 2.34. The molecule has 1 aromatic rings. The average Bonchev–Trinajstić information content (AvgIpc) is 3.11. The molecule has 0 spiro atoms. The van der Waals surface area contributed by atoms with Crippen molar-refractivity contribution >= 4 is 5.96 Å². The third-order valence-electron chi connectivity index (χ3n) is 4.89. The van der Waals surface area contributed by atoms with Crippen LogP contribution in [0.5, 0.6) is 0 Å². The van der Waals surface area contributed by atoms with Crippen LogP contribution in [-0.2, 0) is 22.6 Å². The van der Waals surface area contributed by atoms with E-state index in [9.17, 15) is 5.11 Å². The molecule has 1 unspecified atom stereocenters. The Morgan fingerprint density at radius 2 is 2.07 bits per heavy atom. The van der Waals surface area contributed by atoms with Gasteiger partial charge in [0.1, 0.15) is 0 Å². The molecule has 158 valence electrons. The van der Waals surface area contributed by atoms with Gasteiger partial charge < -0.3 is 25.2 Å². The molecule has 1 aliphatic rings. The number of guanidine groups is 1. The van der Waals surface area contributed by atoms with Crippen molar-refractivity contribution in [2.45, 2.75) is 59.3 Å². The summed E-state index contributed by atoms with van der Waals surface area (Å²) in [5.74, 6) is 0.794. The maximum absolute atomic E-state index is 9.39. The number of aliphatic hydroxyl groups excluding tert-OH is 1. The maximum atomic E-state index is 9.39. The van der Waals surface area contributed by atoms with E-state index in [-0.39, 0.29) is 17.6 Å². The van der Waals surface area contributed by atoms with Crippen molar-refractivity contribution in [2.75, 3.05) is 32.9 Å². The zero-order chi connectivity index (χ0) is 20.5. The van der Waals surface area contributed by atoms with E-state index in [1.54, 1.807) is 0 Å². The highest BCUT2D eigenvalue weighted by Crippen LogP contribution is 2.31. The summed E-state index contributed by atoms with van der Waals surface area (Å²) in [6.07, 6.45) is 1.71. The summed E-state index contributed by atoms with van der Waals surface area (Å²) in [6, 6.07) is 8.38. The summed E-state index contributed by atoms with van der Waals surface area (Å²) < 4.78 is 11.4. The molecule has 3 N–H and O–H groups in total. The number of benzene rings is 1. The van der Waals surface area contributed by atoms with Crippen LogP contribution >= 0.6 is 0 Å². The summed E-state index contributed by atoms with van der Waals surface area (Å²) in [5, 5.41) is 16.1. The van der Waals surface area contributed by atoms with Gasteiger partial charge in [0.25, 0.3) is 0 Å². The van der Waals surface area contributed by atoms with Crippen molar-refractivity contribution in [2.24, 2.45) is 10.4 Å². The third-order valence-corrected chi connectivity index (χ3v) is 4.89. The van der Waals surface area contributed by atoms with Crippen LogP contribution in [0.1, 0.15) is 51.7 Å². The molecule has 0 saturated carbocycles. The van der Waals surface area contributed by atoms with Gasteiger partial charge in [0.2, 0.25) is 0 Å². The van der Waals surface area contributed by atoms with E-state index >= 15 is 0 Å². The Morgan fingerprint density at radius 1 is 1.29 bits per heavy atom. The van der Waals surface area contributed by atoms with Crippen molar-refractivity contribution < 1.29 is 14.6 Å². The van der Waals surface area contributed by atoms with Crippen LogP contribution in [0.4, 0.5) is 0 Å². The average molecular weight is 392 g/mol. The van der Waals surface area contributed by atoms with Crippen LogP contribution < -0.4 is 10.6 Å². The summed E-state index contributed by atoms with van der Waals surface area (Å²) in [5.41, 5.74) is 2.16. The predicted octanol–water partition coefficient (Wildman–Crippen LogP) is 2.85. The molecular formula is C22H37N3O3. The first kappa shape index (κ1) is 22.7. The SMILES string of the molecule is CCNC(=NCc1cccc(COC(C)(C)C)c1)NCC1(CCO)CCOC1. The molecule has 6 nitrogen and oxygen atoms in total. The number of nitrogens with one attached hydrogen (secondary N) is 2. The normalized spacial score (nSPS) is 20.4. The minimum atomic E-state index is -0.148. The number of hydrogen-bond donors (Lipinski definition) is 3. The van der Waals surface area contributed by atoms with Gasteiger partial charge in [-0.2, -0.15) is 0 Å². The Balaban J connectivity index is 1.96. The van der Waals surface area contributed by atoms with Gasteiger partial charge in [-0.25, -0.2) is 4.99 Å². The molecule has 1 atom stereocenters. The van der Waals surface area contributed by atoms with Gasteiger partial charge in [0.05, 0.1) is 25.4 Å². The first-order valence-corrected chi connectivity index (χ1v) is 10.3. The lowest BCUT2D eigenvalue weighted by Gasteiger charge is -2.27. The molecule has 0 aromatic heterocycles. The quantitative estimate of drug-likeness (QED) is 0.446. The predicted molar refractivity (Wildman–Crippen MR) is 113 cm³/mol. The van der Waals surface area contributed by atoms with Crippen LogP contribution in [0.25, 0.3) is 0 Å². The second-order valence-corrected chi connectivity index (χ2v) is 8.55. The van der Waals surface area contributed by atoms with Crippen LogP contribution in [0, 0.1) is 5.41 Å². The Labute approximate surface area is 169 Å². The largest absolute Gasteiger partial charge is 0.396 e. The lowest BCUT2D eigenvalue weighted by molar-refractivity contribution is -0.0149. The summed E-state index contributed by atoms with van der Waals surface area (Å²) >= 11 is 0. The van der Waals surface area contributed by atoms with Crippen LogP contribution in [0.2, 0.25) is 0 Å².